The molecule has 2 aromatic rings. The average molecular weight is 377 g/mol. The first-order valence-corrected chi connectivity index (χ1v) is 8.82. The summed E-state index contributed by atoms with van der Waals surface area (Å²) in [7, 11) is -0.479. The summed E-state index contributed by atoms with van der Waals surface area (Å²) in [6.45, 7) is 3.73. The molecule has 0 unspecified atom stereocenters. The third-order valence-corrected chi connectivity index (χ3v) is 5.85. The van der Waals surface area contributed by atoms with Gasteiger partial charge in [0, 0.05) is 19.8 Å². The number of thioether (sulfide) groups is 1. The van der Waals surface area contributed by atoms with E-state index in [0.29, 0.717) is 22.1 Å². The van der Waals surface area contributed by atoms with Gasteiger partial charge in [0.1, 0.15) is 5.52 Å². The van der Waals surface area contributed by atoms with Crippen molar-refractivity contribution in [2.75, 3.05) is 19.8 Å². The van der Waals surface area contributed by atoms with E-state index in [-0.39, 0.29) is 4.90 Å². The van der Waals surface area contributed by atoms with Crippen LogP contribution in [0.25, 0.3) is 11.1 Å². The van der Waals surface area contributed by atoms with Gasteiger partial charge in [-0.25, -0.2) is 17.7 Å². The molecule has 0 atom stereocenters. The van der Waals surface area contributed by atoms with E-state index in [1.807, 2.05) is 0 Å². The third-order valence-electron chi connectivity index (χ3n) is 2.47. The fourth-order valence-electron chi connectivity index (χ4n) is 1.46. The Morgan fingerprint density at radius 3 is 2.80 bits per heavy atom. The van der Waals surface area contributed by atoms with Gasteiger partial charge in [-0.05, 0) is 22.7 Å². The van der Waals surface area contributed by atoms with E-state index in [0.717, 1.165) is 4.48 Å². The van der Waals surface area contributed by atoms with Crippen molar-refractivity contribution in [3.63, 3.8) is 0 Å². The van der Waals surface area contributed by atoms with Crippen molar-refractivity contribution < 1.29 is 12.8 Å². The summed E-state index contributed by atoms with van der Waals surface area (Å²) in [6, 6.07) is 4.65. The fourth-order valence-corrected chi connectivity index (χ4v) is 3.32. The van der Waals surface area contributed by atoms with E-state index in [4.69, 9.17) is 4.42 Å². The molecule has 0 saturated carbocycles. The van der Waals surface area contributed by atoms with Crippen molar-refractivity contribution in [3.05, 3.63) is 29.3 Å². The number of nitrogens with zero attached hydrogens (tertiary/aromatic N) is 2. The molecular formula is C12H13BrN2O3S2. The predicted octanol–water partition coefficient (Wildman–Crippen LogP) is 3.08. The monoisotopic (exact) mass is 376 g/mol. The highest BCUT2D eigenvalue weighted by molar-refractivity contribution is 9.11. The van der Waals surface area contributed by atoms with Crippen molar-refractivity contribution in [2.24, 2.45) is 0 Å². The molecule has 0 bridgehead atoms. The standard InChI is InChI=1S/C12H13BrN2O3S2/c1-8(13)7-19-12-14-10-6-9(4-5-11(10)18-12)20(16,17)15(2)3/h4-6H,1,7H2,2-3H3. The van der Waals surface area contributed by atoms with Crippen LogP contribution in [0.1, 0.15) is 0 Å². The molecule has 0 amide bonds. The number of benzene rings is 1. The van der Waals surface area contributed by atoms with Crippen LogP contribution in [0.15, 0.2) is 43.8 Å². The minimum Gasteiger partial charge on any atom is -0.431 e. The normalized spacial score (nSPS) is 12.2. The summed E-state index contributed by atoms with van der Waals surface area (Å²) in [6.07, 6.45) is 0. The zero-order chi connectivity index (χ0) is 14.9. The number of hydrogen-bond acceptors (Lipinski definition) is 5. The summed E-state index contributed by atoms with van der Waals surface area (Å²) in [5.74, 6) is 0.635. The Bertz CT molecular complexity index is 753. The zero-order valence-electron chi connectivity index (χ0n) is 11.0. The molecule has 0 saturated heterocycles. The first kappa shape index (κ1) is 15.6. The van der Waals surface area contributed by atoms with Gasteiger partial charge in [-0.1, -0.05) is 34.3 Å². The maximum atomic E-state index is 12.0. The molecule has 5 nitrogen and oxygen atoms in total. The van der Waals surface area contributed by atoms with E-state index in [9.17, 15) is 8.42 Å². The second-order valence-corrected chi connectivity index (χ2v) is 8.40. The van der Waals surface area contributed by atoms with Gasteiger partial charge >= 0.3 is 0 Å². The Hall–Kier alpha value is -0.830. The number of fused-ring (bicyclic) bond motifs is 1. The molecular weight excluding hydrogens is 364 g/mol. The summed E-state index contributed by atoms with van der Waals surface area (Å²) >= 11 is 4.65. The van der Waals surface area contributed by atoms with Gasteiger partial charge in [0.05, 0.1) is 4.90 Å². The molecule has 0 aliphatic heterocycles. The number of aromatic nitrogens is 1. The summed E-state index contributed by atoms with van der Waals surface area (Å²) in [5, 5.41) is 0.486. The van der Waals surface area contributed by atoms with Crippen LogP contribution >= 0.6 is 27.7 Å². The Morgan fingerprint density at radius 2 is 2.20 bits per heavy atom. The van der Waals surface area contributed by atoms with E-state index < -0.39 is 10.0 Å². The van der Waals surface area contributed by atoms with Crippen molar-refractivity contribution >= 4 is 48.8 Å². The topological polar surface area (TPSA) is 63.4 Å². The van der Waals surface area contributed by atoms with Gasteiger partial charge in [-0.15, -0.1) is 0 Å². The van der Waals surface area contributed by atoms with Crippen molar-refractivity contribution in [1.82, 2.24) is 9.29 Å². The third kappa shape index (κ3) is 3.25. The lowest BCUT2D eigenvalue weighted by atomic mass is 10.3. The highest BCUT2D eigenvalue weighted by Crippen LogP contribution is 2.27. The molecule has 0 spiro atoms. The minimum absolute atomic E-state index is 0.199. The molecule has 1 heterocycles. The van der Waals surface area contributed by atoms with Crippen LogP contribution in [0.4, 0.5) is 0 Å². The molecule has 1 aromatic heterocycles. The molecule has 0 aliphatic rings. The lowest BCUT2D eigenvalue weighted by molar-refractivity contribution is 0.490. The van der Waals surface area contributed by atoms with Gasteiger partial charge in [-0.3, -0.25) is 0 Å². The Morgan fingerprint density at radius 1 is 1.50 bits per heavy atom. The van der Waals surface area contributed by atoms with Gasteiger partial charge < -0.3 is 4.42 Å². The zero-order valence-corrected chi connectivity index (χ0v) is 14.2. The Balaban J connectivity index is 2.38. The molecule has 108 valence electrons. The molecule has 0 fully saturated rings. The van der Waals surface area contributed by atoms with Gasteiger partial charge in [0.2, 0.25) is 10.0 Å². The van der Waals surface area contributed by atoms with Crippen LogP contribution < -0.4 is 0 Å². The number of sulfonamides is 1. The molecule has 20 heavy (non-hydrogen) atoms. The summed E-state index contributed by atoms with van der Waals surface area (Å²) in [4.78, 5) is 4.47. The maximum absolute atomic E-state index is 12.0. The first-order chi connectivity index (χ1) is 9.30. The van der Waals surface area contributed by atoms with Crippen molar-refractivity contribution in [3.8, 4) is 0 Å². The number of hydrogen-bond donors (Lipinski definition) is 0. The lowest BCUT2D eigenvalue weighted by Crippen LogP contribution is -2.22. The van der Waals surface area contributed by atoms with E-state index in [1.165, 1.54) is 42.3 Å². The lowest BCUT2D eigenvalue weighted by Gasteiger charge is -2.10. The average Bonchev–Trinajstić information content (AvgIpc) is 2.77. The summed E-state index contributed by atoms with van der Waals surface area (Å²) in [5.41, 5.74) is 1.08. The number of rotatable bonds is 5. The van der Waals surface area contributed by atoms with Crippen LogP contribution in [0.3, 0.4) is 0 Å². The predicted molar refractivity (Wildman–Crippen MR) is 83.7 cm³/mol. The molecule has 8 heteroatoms. The molecule has 0 radical (unpaired) electrons. The highest BCUT2D eigenvalue weighted by atomic mass is 79.9. The molecule has 0 aliphatic carbocycles. The maximum Gasteiger partial charge on any atom is 0.257 e. The van der Waals surface area contributed by atoms with Crippen LogP contribution in [-0.2, 0) is 10.0 Å². The largest absolute Gasteiger partial charge is 0.431 e. The fraction of sp³-hybridized carbons (Fsp3) is 0.250. The number of oxazole rings is 1. The smallest absolute Gasteiger partial charge is 0.257 e. The molecule has 1 aromatic carbocycles. The molecule has 0 N–H and O–H groups in total. The van der Waals surface area contributed by atoms with E-state index >= 15 is 0 Å². The Kier molecular flexibility index (Phi) is 4.58. The van der Waals surface area contributed by atoms with Gasteiger partial charge in [0.15, 0.2) is 5.58 Å². The van der Waals surface area contributed by atoms with E-state index in [2.05, 4.69) is 27.5 Å². The van der Waals surface area contributed by atoms with Crippen LogP contribution in [0, 0.1) is 0 Å². The second-order valence-electron chi connectivity index (χ2n) is 4.20. The van der Waals surface area contributed by atoms with E-state index in [1.54, 1.807) is 6.07 Å². The van der Waals surface area contributed by atoms with Crippen LogP contribution in [0.5, 0.6) is 0 Å². The van der Waals surface area contributed by atoms with Gasteiger partial charge in [0.25, 0.3) is 5.22 Å². The van der Waals surface area contributed by atoms with Crippen LogP contribution in [0.2, 0.25) is 0 Å². The first-order valence-electron chi connectivity index (χ1n) is 5.60. The Labute approximate surface area is 130 Å². The minimum atomic E-state index is -3.46. The number of halogens is 1. The highest BCUT2D eigenvalue weighted by Gasteiger charge is 2.18. The summed E-state index contributed by atoms with van der Waals surface area (Å²) < 4.78 is 31.6. The molecule has 2 rings (SSSR count). The van der Waals surface area contributed by atoms with Crippen molar-refractivity contribution in [2.45, 2.75) is 10.1 Å². The van der Waals surface area contributed by atoms with Crippen molar-refractivity contribution in [1.29, 1.82) is 0 Å². The van der Waals surface area contributed by atoms with Crippen LogP contribution in [-0.4, -0.2) is 37.6 Å². The SMILES string of the molecule is C=C(Br)CSc1nc2cc(S(=O)(=O)N(C)C)ccc2o1. The quantitative estimate of drug-likeness (QED) is 0.750. The van der Waals surface area contributed by atoms with Gasteiger partial charge in [-0.2, -0.15) is 0 Å². The second kappa shape index (κ2) is 5.88.